The Labute approximate surface area is 100 Å². The molecule has 0 saturated carbocycles. The van der Waals surface area contributed by atoms with E-state index in [2.05, 4.69) is 10.6 Å². The van der Waals surface area contributed by atoms with Gasteiger partial charge in [0.15, 0.2) is 0 Å². The van der Waals surface area contributed by atoms with Crippen molar-refractivity contribution in [1.82, 2.24) is 5.32 Å². The number of hydrogen-bond acceptors (Lipinski definition) is 3. The van der Waals surface area contributed by atoms with E-state index in [0.717, 1.165) is 25.1 Å². The molecule has 3 atom stereocenters. The van der Waals surface area contributed by atoms with Crippen molar-refractivity contribution in [2.45, 2.75) is 18.4 Å². The lowest BCUT2D eigenvalue weighted by molar-refractivity contribution is 0.188. The third-order valence-electron chi connectivity index (χ3n) is 4.02. The number of anilines is 1. The monoisotopic (exact) mass is 236 g/mol. The molecule has 0 amide bonds. The first-order chi connectivity index (χ1) is 8.31. The zero-order valence-electron chi connectivity index (χ0n) is 9.62. The molecule has 1 aromatic rings. The number of rotatable bonds is 1. The highest BCUT2D eigenvalue weighted by Crippen LogP contribution is 2.40. The summed E-state index contributed by atoms with van der Waals surface area (Å²) in [6, 6.07) is 5.38. The normalized spacial score (nSPS) is 31.3. The quantitative estimate of drug-likeness (QED) is 0.689. The third-order valence-corrected chi connectivity index (χ3v) is 4.02. The van der Waals surface area contributed by atoms with Gasteiger partial charge in [-0.15, -0.1) is 0 Å². The molecule has 1 aromatic carbocycles. The second-order valence-electron chi connectivity index (χ2n) is 4.90. The second-order valence-corrected chi connectivity index (χ2v) is 4.90. The predicted molar refractivity (Wildman–Crippen MR) is 64.6 cm³/mol. The summed E-state index contributed by atoms with van der Waals surface area (Å²) < 4.78 is 13.8. The van der Waals surface area contributed by atoms with Crippen LogP contribution in [-0.2, 0) is 0 Å². The minimum absolute atomic E-state index is 0.0414. The number of para-hydroxylation sites is 1. The molecule has 0 bridgehead atoms. The van der Waals surface area contributed by atoms with Gasteiger partial charge in [0.05, 0.1) is 12.3 Å². The number of benzene rings is 1. The number of nitrogens with one attached hydrogen (secondary N) is 2. The molecule has 92 valence electrons. The number of aliphatic hydroxyl groups excluding tert-OH is 1. The Morgan fingerprint density at radius 2 is 2.29 bits per heavy atom. The van der Waals surface area contributed by atoms with E-state index in [1.54, 1.807) is 6.07 Å². The van der Waals surface area contributed by atoms with Crippen molar-refractivity contribution in [3.05, 3.63) is 29.6 Å². The summed E-state index contributed by atoms with van der Waals surface area (Å²) in [4.78, 5) is 0. The fraction of sp³-hybridized carbons (Fsp3) is 0.538. The van der Waals surface area contributed by atoms with Crippen LogP contribution < -0.4 is 10.6 Å². The van der Waals surface area contributed by atoms with E-state index in [9.17, 15) is 9.50 Å². The van der Waals surface area contributed by atoms with Crippen molar-refractivity contribution < 1.29 is 9.50 Å². The summed E-state index contributed by atoms with van der Waals surface area (Å²) in [7, 11) is 0. The van der Waals surface area contributed by atoms with Gasteiger partial charge in [-0.2, -0.15) is 0 Å². The molecule has 3 unspecified atom stereocenters. The molecule has 3 rings (SSSR count). The van der Waals surface area contributed by atoms with E-state index in [1.807, 2.05) is 6.07 Å². The average Bonchev–Trinajstić information content (AvgIpc) is 2.37. The molecular formula is C13H17FN2O. The van der Waals surface area contributed by atoms with Crippen LogP contribution in [-0.4, -0.2) is 30.8 Å². The lowest BCUT2D eigenvalue weighted by Crippen LogP contribution is -2.50. The first kappa shape index (κ1) is 11.0. The number of hydrogen-bond donors (Lipinski definition) is 3. The molecule has 2 aliphatic rings. The zero-order valence-corrected chi connectivity index (χ0v) is 9.62. The summed E-state index contributed by atoms with van der Waals surface area (Å²) in [5.41, 5.74) is 1.51. The van der Waals surface area contributed by atoms with Crippen LogP contribution in [0.2, 0.25) is 0 Å². The fourth-order valence-electron chi connectivity index (χ4n) is 3.14. The molecule has 0 radical (unpaired) electrons. The molecule has 0 spiro atoms. The Balaban J connectivity index is 2.04. The molecule has 1 saturated heterocycles. The molecule has 2 heterocycles. The predicted octanol–water partition coefficient (Wildman–Crippen LogP) is 1.31. The lowest BCUT2D eigenvalue weighted by atomic mass is 9.75. The van der Waals surface area contributed by atoms with Crippen molar-refractivity contribution in [2.75, 3.05) is 25.0 Å². The van der Waals surface area contributed by atoms with Gasteiger partial charge in [-0.3, -0.25) is 0 Å². The number of aliphatic hydroxyl groups is 1. The Hall–Kier alpha value is -1.13. The van der Waals surface area contributed by atoms with Crippen molar-refractivity contribution in [3.8, 4) is 0 Å². The van der Waals surface area contributed by atoms with E-state index in [0.29, 0.717) is 11.6 Å². The SMILES string of the molecule is OCC1c2cccc(F)c2NC2CCNCC21. The first-order valence-electron chi connectivity index (χ1n) is 6.18. The van der Waals surface area contributed by atoms with Crippen molar-refractivity contribution >= 4 is 5.69 Å². The van der Waals surface area contributed by atoms with Gasteiger partial charge < -0.3 is 15.7 Å². The first-order valence-corrected chi connectivity index (χ1v) is 6.18. The van der Waals surface area contributed by atoms with E-state index < -0.39 is 0 Å². The Morgan fingerprint density at radius 1 is 1.41 bits per heavy atom. The van der Waals surface area contributed by atoms with Gasteiger partial charge in [0, 0.05) is 24.4 Å². The standard InChI is InChI=1S/C13H17FN2O/c14-11-3-1-2-8-10(7-17)9-6-15-5-4-12(9)16-13(8)11/h1-3,9-10,12,15-17H,4-7H2. The topological polar surface area (TPSA) is 44.3 Å². The van der Waals surface area contributed by atoms with Crippen LogP contribution in [0.15, 0.2) is 18.2 Å². The van der Waals surface area contributed by atoms with Gasteiger partial charge in [-0.05, 0) is 24.6 Å². The second kappa shape index (κ2) is 4.27. The zero-order chi connectivity index (χ0) is 11.8. The third kappa shape index (κ3) is 1.72. The van der Waals surface area contributed by atoms with Gasteiger partial charge >= 0.3 is 0 Å². The van der Waals surface area contributed by atoms with Gasteiger partial charge in [0.25, 0.3) is 0 Å². The Kier molecular flexibility index (Phi) is 2.76. The van der Waals surface area contributed by atoms with Crippen LogP contribution >= 0.6 is 0 Å². The molecule has 3 N–H and O–H groups in total. The lowest BCUT2D eigenvalue weighted by Gasteiger charge is -2.43. The highest BCUT2D eigenvalue weighted by Gasteiger charge is 2.38. The van der Waals surface area contributed by atoms with E-state index >= 15 is 0 Å². The van der Waals surface area contributed by atoms with Crippen LogP contribution in [0.3, 0.4) is 0 Å². The van der Waals surface area contributed by atoms with Crippen molar-refractivity contribution in [2.24, 2.45) is 5.92 Å². The van der Waals surface area contributed by atoms with E-state index in [1.165, 1.54) is 6.07 Å². The summed E-state index contributed by atoms with van der Waals surface area (Å²) in [6.45, 7) is 1.93. The molecule has 17 heavy (non-hydrogen) atoms. The van der Waals surface area contributed by atoms with E-state index in [4.69, 9.17) is 0 Å². The maximum Gasteiger partial charge on any atom is 0.146 e. The minimum Gasteiger partial charge on any atom is -0.396 e. The van der Waals surface area contributed by atoms with Crippen LogP contribution in [0.25, 0.3) is 0 Å². The smallest absolute Gasteiger partial charge is 0.146 e. The average molecular weight is 236 g/mol. The van der Waals surface area contributed by atoms with Crippen LogP contribution in [0, 0.1) is 11.7 Å². The van der Waals surface area contributed by atoms with Gasteiger partial charge in [-0.1, -0.05) is 12.1 Å². The maximum absolute atomic E-state index is 13.8. The number of piperidine rings is 1. The Morgan fingerprint density at radius 3 is 3.12 bits per heavy atom. The summed E-state index contributed by atoms with van der Waals surface area (Å²) in [6.07, 6.45) is 0.981. The van der Waals surface area contributed by atoms with Gasteiger partial charge in [0.2, 0.25) is 0 Å². The fourth-order valence-corrected chi connectivity index (χ4v) is 3.14. The van der Waals surface area contributed by atoms with Crippen LogP contribution in [0.5, 0.6) is 0 Å². The van der Waals surface area contributed by atoms with Crippen LogP contribution in [0.1, 0.15) is 17.9 Å². The highest BCUT2D eigenvalue weighted by atomic mass is 19.1. The Bertz CT molecular complexity index is 424. The van der Waals surface area contributed by atoms with Crippen LogP contribution in [0.4, 0.5) is 10.1 Å². The number of halogens is 1. The summed E-state index contributed by atoms with van der Waals surface area (Å²) in [5, 5.41) is 16.2. The molecule has 3 nitrogen and oxygen atoms in total. The maximum atomic E-state index is 13.8. The van der Waals surface area contributed by atoms with Gasteiger partial charge in [-0.25, -0.2) is 4.39 Å². The molecule has 0 aliphatic carbocycles. The molecule has 2 aliphatic heterocycles. The minimum atomic E-state index is -0.210. The molecule has 4 heteroatoms. The van der Waals surface area contributed by atoms with Crippen molar-refractivity contribution in [1.29, 1.82) is 0 Å². The van der Waals surface area contributed by atoms with Gasteiger partial charge in [0.1, 0.15) is 5.82 Å². The molecule has 1 fully saturated rings. The summed E-state index contributed by atoms with van der Waals surface area (Å²) in [5.74, 6) is 0.181. The van der Waals surface area contributed by atoms with E-state index in [-0.39, 0.29) is 24.4 Å². The number of fused-ring (bicyclic) bond motifs is 2. The molecular weight excluding hydrogens is 219 g/mol. The summed E-state index contributed by atoms with van der Waals surface area (Å²) >= 11 is 0. The van der Waals surface area contributed by atoms with Crippen molar-refractivity contribution in [3.63, 3.8) is 0 Å². The largest absolute Gasteiger partial charge is 0.396 e. The molecule has 0 aromatic heterocycles. The highest BCUT2D eigenvalue weighted by molar-refractivity contribution is 5.57.